The average Bonchev–Trinajstić information content (AvgIpc) is 2.72. The SMILES string of the molecule is COc1ccccc1C(=O)N/C(=C/c1ccccc1)C(=O)N[C@H](CC(C)C)C(=O)[O-]. The van der Waals surface area contributed by atoms with Gasteiger partial charge >= 0.3 is 0 Å². The first-order valence-electron chi connectivity index (χ1n) is 9.54. The maximum Gasteiger partial charge on any atom is 0.268 e. The molecule has 0 radical (unpaired) electrons. The summed E-state index contributed by atoms with van der Waals surface area (Å²) in [4.78, 5) is 37.1. The Balaban J connectivity index is 2.33. The van der Waals surface area contributed by atoms with Crippen molar-refractivity contribution in [2.45, 2.75) is 26.3 Å². The zero-order chi connectivity index (χ0) is 22.1. The van der Waals surface area contributed by atoms with Crippen molar-refractivity contribution in [3.05, 3.63) is 71.4 Å². The number of carboxylic acid groups (broad SMARTS) is 1. The highest BCUT2D eigenvalue weighted by molar-refractivity contribution is 6.06. The number of ether oxygens (including phenoxy) is 1. The number of hydrogen-bond acceptors (Lipinski definition) is 5. The van der Waals surface area contributed by atoms with Crippen molar-refractivity contribution in [1.82, 2.24) is 10.6 Å². The lowest BCUT2D eigenvalue weighted by Gasteiger charge is -2.22. The third-order valence-electron chi connectivity index (χ3n) is 4.25. The monoisotopic (exact) mass is 409 g/mol. The van der Waals surface area contributed by atoms with Gasteiger partial charge in [0.15, 0.2) is 0 Å². The number of methoxy groups -OCH3 is 1. The summed E-state index contributed by atoms with van der Waals surface area (Å²) in [6.45, 7) is 3.68. The van der Waals surface area contributed by atoms with Crippen LogP contribution in [-0.4, -0.2) is 30.9 Å². The first-order chi connectivity index (χ1) is 14.3. The molecule has 1 atom stereocenters. The summed E-state index contributed by atoms with van der Waals surface area (Å²) in [5.74, 6) is -2.29. The van der Waals surface area contributed by atoms with Crippen LogP contribution >= 0.6 is 0 Å². The van der Waals surface area contributed by atoms with E-state index in [1.165, 1.54) is 13.2 Å². The predicted octanol–water partition coefficient (Wildman–Crippen LogP) is 1.75. The molecule has 0 aliphatic heterocycles. The van der Waals surface area contributed by atoms with Crippen LogP contribution in [0.5, 0.6) is 5.75 Å². The molecule has 0 heterocycles. The minimum Gasteiger partial charge on any atom is -0.548 e. The van der Waals surface area contributed by atoms with Gasteiger partial charge in [0.2, 0.25) is 0 Å². The van der Waals surface area contributed by atoms with E-state index in [4.69, 9.17) is 4.74 Å². The lowest BCUT2D eigenvalue weighted by Crippen LogP contribution is -2.50. The van der Waals surface area contributed by atoms with E-state index in [-0.39, 0.29) is 23.6 Å². The van der Waals surface area contributed by atoms with Gasteiger partial charge in [0, 0.05) is 0 Å². The predicted molar refractivity (Wildman–Crippen MR) is 111 cm³/mol. The highest BCUT2D eigenvalue weighted by atomic mass is 16.5. The molecule has 7 heteroatoms. The molecule has 0 spiro atoms. The summed E-state index contributed by atoms with van der Waals surface area (Å²) in [6, 6.07) is 14.3. The van der Waals surface area contributed by atoms with Crippen molar-refractivity contribution in [1.29, 1.82) is 0 Å². The minimum absolute atomic E-state index is 0.0259. The van der Waals surface area contributed by atoms with Gasteiger partial charge in [-0.15, -0.1) is 0 Å². The standard InChI is InChI=1S/C23H26N2O5/c1-15(2)13-19(23(28)29)25-22(27)18(14-16-9-5-4-6-10-16)24-21(26)17-11-7-8-12-20(17)30-3/h4-12,14-15,19H,13H2,1-3H3,(H,24,26)(H,25,27)(H,28,29)/p-1/b18-14+/t19-/m1/s1. The Bertz CT molecular complexity index is 922. The Labute approximate surface area is 175 Å². The molecule has 0 aliphatic carbocycles. The average molecular weight is 409 g/mol. The van der Waals surface area contributed by atoms with E-state index in [2.05, 4.69) is 10.6 Å². The van der Waals surface area contributed by atoms with Gasteiger partial charge < -0.3 is 25.3 Å². The second kappa shape index (κ2) is 10.8. The highest BCUT2D eigenvalue weighted by Crippen LogP contribution is 2.18. The van der Waals surface area contributed by atoms with Crippen LogP contribution in [0.3, 0.4) is 0 Å². The van der Waals surface area contributed by atoms with Gasteiger partial charge in [0.05, 0.1) is 24.7 Å². The van der Waals surface area contributed by atoms with E-state index in [0.717, 1.165) is 0 Å². The number of amides is 2. The summed E-state index contributed by atoms with van der Waals surface area (Å²) < 4.78 is 5.20. The number of aliphatic carboxylic acids is 1. The van der Waals surface area contributed by atoms with Crippen LogP contribution in [0.15, 0.2) is 60.3 Å². The topological polar surface area (TPSA) is 108 Å². The quantitative estimate of drug-likeness (QED) is 0.614. The van der Waals surface area contributed by atoms with Crippen molar-refractivity contribution in [3.63, 3.8) is 0 Å². The normalized spacial score (nSPS) is 12.2. The minimum atomic E-state index is -1.38. The third kappa shape index (κ3) is 6.48. The van der Waals surface area contributed by atoms with E-state index >= 15 is 0 Å². The molecular formula is C23H25N2O5-. The molecule has 0 unspecified atom stereocenters. The van der Waals surface area contributed by atoms with Gasteiger partial charge in [-0.25, -0.2) is 0 Å². The molecule has 0 saturated carbocycles. The fourth-order valence-electron chi connectivity index (χ4n) is 2.82. The molecule has 2 N–H and O–H groups in total. The summed E-state index contributed by atoms with van der Waals surface area (Å²) in [5.41, 5.74) is 0.814. The molecule has 2 aromatic rings. The number of carboxylic acids is 1. The van der Waals surface area contributed by atoms with Crippen molar-refractivity contribution in [2.24, 2.45) is 5.92 Å². The van der Waals surface area contributed by atoms with E-state index in [9.17, 15) is 19.5 Å². The number of rotatable bonds is 9. The van der Waals surface area contributed by atoms with Crippen LogP contribution in [0, 0.1) is 5.92 Å². The maximum absolute atomic E-state index is 12.8. The Kier molecular flexibility index (Phi) is 8.17. The molecule has 0 aliphatic rings. The molecule has 2 rings (SSSR count). The van der Waals surface area contributed by atoms with E-state index in [1.54, 1.807) is 48.5 Å². The molecule has 0 aromatic heterocycles. The van der Waals surface area contributed by atoms with Crippen LogP contribution in [-0.2, 0) is 9.59 Å². The summed E-state index contributed by atoms with van der Waals surface area (Å²) in [7, 11) is 1.44. The zero-order valence-electron chi connectivity index (χ0n) is 17.2. The summed E-state index contributed by atoms with van der Waals surface area (Å²) in [6.07, 6.45) is 1.68. The largest absolute Gasteiger partial charge is 0.548 e. The molecule has 0 bridgehead atoms. The van der Waals surface area contributed by atoms with Crippen molar-refractivity contribution in [2.75, 3.05) is 7.11 Å². The summed E-state index contributed by atoms with van der Waals surface area (Å²) >= 11 is 0. The second-order valence-corrected chi connectivity index (χ2v) is 7.10. The van der Waals surface area contributed by atoms with Crippen molar-refractivity contribution >= 4 is 23.9 Å². The van der Waals surface area contributed by atoms with Crippen LogP contribution in [0.2, 0.25) is 0 Å². The van der Waals surface area contributed by atoms with Crippen LogP contribution < -0.4 is 20.5 Å². The fourth-order valence-corrected chi connectivity index (χ4v) is 2.82. The Hall–Kier alpha value is -3.61. The number of nitrogens with one attached hydrogen (secondary N) is 2. The van der Waals surface area contributed by atoms with Crippen LogP contribution in [0.25, 0.3) is 6.08 Å². The first kappa shape index (κ1) is 22.7. The fraction of sp³-hybridized carbons (Fsp3) is 0.261. The molecule has 0 saturated heterocycles. The third-order valence-corrected chi connectivity index (χ3v) is 4.25. The second-order valence-electron chi connectivity index (χ2n) is 7.10. The Morgan fingerprint density at radius 2 is 1.67 bits per heavy atom. The molecule has 2 amide bonds. The summed E-state index contributed by atoms with van der Waals surface area (Å²) in [5, 5.41) is 16.4. The van der Waals surface area contributed by atoms with Gasteiger partial charge in [-0.3, -0.25) is 9.59 Å². The highest BCUT2D eigenvalue weighted by Gasteiger charge is 2.21. The molecule has 7 nitrogen and oxygen atoms in total. The molecule has 0 fully saturated rings. The van der Waals surface area contributed by atoms with Gasteiger partial charge in [0.1, 0.15) is 11.4 Å². The number of para-hydroxylation sites is 1. The Morgan fingerprint density at radius 1 is 1.03 bits per heavy atom. The number of benzene rings is 2. The smallest absolute Gasteiger partial charge is 0.268 e. The van der Waals surface area contributed by atoms with E-state index in [0.29, 0.717) is 11.3 Å². The van der Waals surface area contributed by atoms with Gasteiger partial charge in [0.25, 0.3) is 11.8 Å². The lowest BCUT2D eigenvalue weighted by molar-refractivity contribution is -0.308. The lowest BCUT2D eigenvalue weighted by atomic mass is 10.0. The molecule has 158 valence electrons. The number of hydrogen-bond donors (Lipinski definition) is 2. The van der Waals surface area contributed by atoms with Gasteiger partial charge in [-0.05, 0) is 36.1 Å². The van der Waals surface area contributed by atoms with Crippen molar-refractivity contribution in [3.8, 4) is 5.75 Å². The van der Waals surface area contributed by atoms with Gasteiger partial charge in [-0.1, -0.05) is 56.3 Å². The van der Waals surface area contributed by atoms with E-state index < -0.39 is 23.8 Å². The number of carbonyl (C=O) groups is 3. The van der Waals surface area contributed by atoms with Crippen molar-refractivity contribution < 1.29 is 24.2 Å². The number of carbonyl (C=O) groups excluding carboxylic acids is 3. The van der Waals surface area contributed by atoms with E-state index in [1.807, 2.05) is 19.9 Å². The molecule has 30 heavy (non-hydrogen) atoms. The first-order valence-corrected chi connectivity index (χ1v) is 9.54. The maximum atomic E-state index is 12.8. The Morgan fingerprint density at radius 3 is 2.27 bits per heavy atom. The van der Waals surface area contributed by atoms with Gasteiger partial charge in [-0.2, -0.15) is 0 Å². The van der Waals surface area contributed by atoms with Crippen LogP contribution in [0.4, 0.5) is 0 Å². The molecule has 2 aromatic carbocycles. The van der Waals surface area contributed by atoms with Crippen LogP contribution in [0.1, 0.15) is 36.2 Å². The zero-order valence-corrected chi connectivity index (χ0v) is 17.2. The molecular weight excluding hydrogens is 384 g/mol.